The largest absolute Gasteiger partial charge is 0.304 e. The molecule has 0 atom stereocenters. The number of halogens is 2. The molecule has 287 valence electrons. The number of nitrogens with zero attached hydrogens (tertiary/aromatic N) is 2. The summed E-state index contributed by atoms with van der Waals surface area (Å²) in [5, 5.41) is 0. The van der Waals surface area contributed by atoms with E-state index < -0.39 is 11.6 Å². The minimum Gasteiger partial charge on any atom is -0.304 e. The molecule has 5 heteroatoms. The van der Waals surface area contributed by atoms with E-state index in [0.717, 1.165) is 84.6 Å². The van der Waals surface area contributed by atoms with Crippen LogP contribution >= 0.6 is 0 Å². The van der Waals surface area contributed by atoms with Crippen LogP contribution in [0.3, 0.4) is 0 Å². The van der Waals surface area contributed by atoms with Gasteiger partial charge in [0.15, 0.2) is 0 Å². The summed E-state index contributed by atoms with van der Waals surface area (Å²) >= 11 is 0. The van der Waals surface area contributed by atoms with Crippen LogP contribution < -0.4 is 0 Å². The van der Waals surface area contributed by atoms with Gasteiger partial charge in [0.1, 0.15) is 0 Å². The molecule has 0 aliphatic heterocycles. The molecular formula is C54H36F2IrN2-2. The van der Waals surface area contributed by atoms with E-state index >= 15 is 0 Å². The zero-order valence-electron chi connectivity index (χ0n) is 32.3. The molecule has 2 nitrogen and oxygen atoms in total. The summed E-state index contributed by atoms with van der Waals surface area (Å²) in [6.45, 7) is 4.30. The van der Waals surface area contributed by atoms with Crippen molar-refractivity contribution < 1.29 is 28.9 Å². The molecule has 59 heavy (non-hydrogen) atoms. The third-order valence-corrected chi connectivity index (χ3v) is 10.5. The second kappa shape index (κ2) is 17.1. The van der Waals surface area contributed by atoms with Crippen molar-refractivity contribution in [3.05, 3.63) is 217 Å². The Morgan fingerprint density at radius 1 is 0.441 bits per heavy atom. The molecule has 0 unspecified atom stereocenters. The van der Waals surface area contributed by atoms with Gasteiger partial charge >= 0.3 is 0 Å². The first kappa shape index (κ1) is 39.2. The molecule has 0 fully saturated rings. The van der Waals surface area contributed by atoms with Gasteiger partial charge in [0.05, 0.1) is 0 Å². The number of rotatable bonds is 8. The van der Waals surface area contributed by atoms with Crippen LogP contribution in [-0.2, 0) is 20.1 Å². The van der Waals surface area contributed by atoms with E-state index in [1.807, 2.05) is 54.7 Å². The van der Waals surface area contributed by atoms with Crippen LogP contribution in [0, 0.1) is 37.6 Å². The first-order valence-corrected chi connectivity index (χ1v) is 19.2. The third kappa shape index (κ3) is 8.09. The van der Waals surface area contributed by atoms with Gasteiger partial charge in [-0.15, -0.1) is 48.0 Å². The van der Waals surface area contributed by atoms with Crippen molar-refractivity contribution >= 4 is 0 Å². The Morgan fingerprint density at radius 2 is 1.08 bits per heavy atom. The maximum absolute atomic E-state index is 14.6. The smallest absolute Gasteiger partial charge is 0.0408 e. The number of hydrogen-bond donors (Lipinski definition) is 0. The van der Waals surface area contributed by atoms with Gasteiger partial charge in [-0.05, 0) is 104 Å². The quantitative estimate of drug-likeness (QED) is 0.142. The molecule has 0 bridgehead atoms. The molecule has 0 spiro atoms. The summed E-state index contributed by atoms with van der Waals surface area (Å²) in [5.41, 5.74) is 17.5. The fourth-order valence-corrected chi connectivity index (χ4v) is 7.76. The Bertz CT molecular complexity index is 2930. The number of hydrogen-bond acceptors (Lipinski definition) is 2. The van der Waals surface area contributed by atoms with Crippen LogP contribution in [0.2, 0.25) is 0 Å². The summed E-state index contributed by atoms with van der Waals surface area (Å²) in [4.78, 5) is 9.59. The Kier molecular flexibility index (Phi) is 11.3. The standard InChI is InChI=1S/C54H36F2N2.Ir/c1-35-27-41(46-18-10-9-17-45(46)40-22-26-53(57-33-40)49-25-23-43(55)31-52(49)56)30-42(28-35)47-19-11-12-20-48(47)51-34-58-54(38-15-7-4-8-16-38)32-50(51)44-24-21-39(29-36(44)2)37-13-5-3-6-14-37;/h3-15,17-24,26-34H,1-2H3;/q-2;. The van der Waals surface area contributed by atoms with E-state index in [9.17, 15) is 8.78 Å². The molecule has 0 saturated heterocycles. The SMILES string of the molecule is Cc1cc(-c2ccccc2-c2ccc(-c3[c-]cc(F)cc3F)nc2)cc(-c2ccccc2-c2cnc(-c3[c-]cccc3)cc2-c2ccc(-c3ccccc3)cc2C)c1.[Ir]. The number of aromatic nitrogens is 2. The van der Waals surface area contributed by atoms with E-state index in [0.29, 0.717) is 5.69 Å². The molecular weight excluding hydrogens is 907 g/mol. The van der Waals surface area contributed by atoms with Gasteiger partial charge in [0, 0.05) is 49.7 Å². The van der Waals surface area contributed by atoms with Gasteiger partial charge in [-0.1, -0.05) is 139 Å². The Hall–Kier alpha value is -6.65. The summed E-state index contributed by atoms with van der Waals surface area (Å²) in [5.74, 6) is -1.37. The van der Waals surface area contributed by atoms with Crippen molar-refractivity contribution in [2.24, 2.45) is 0 Å². The summed E-state index contributed by atoms with van der Waals surface area (Å²) < 4.78 is 28.1. The van der Waals surface area contributed by atoms with Gasteiger partial charge in [0.2, 0.25) is 0 Å². The Balaban J connectivity index is 0.00000484. The second-order valence-corrected chi connectivity index (χ2v) is 14.4. The van der Waals surface area contributed by atoms with Gasteiger partial charge < -0.3 is 9.97 Å². The molecule has 0 aliphatic rings. The summed E-state index contributed by atoms with van der Waals surface area (Å²) in [6, 6.07) is 62.5. The van der Waals surface area contributed by atoms with Crippen LogP contribution in [0.1, 0.15) is 11.1 Å². The zero-order chi connectivity index (χ0) is 39.6. The molecule has 1 radical (unpaired) electrons. The first-order chi connectivity index (χ1) is 28.4. The van der Waals surface area contributed by atoms with Gasteiger partial charge in [0.25, 0.3) is 0 Å². The minimum absolute atomic E-state index is 0. The van der Waals surface area contributed by atoms with Crippen molar-refractivity contribution in [2.75, 3.05) is 0 Å². The van der Waals surface area contributed by atoms with Crippen LogP contribution in [-0.4, -0.2) is 9.97 Å². The van der Waals surface area contributed by atoms with Crippen molar-refractivity contribution in [1.82, 2.24) is 9.97 Å². The monoisotopic (exact) mass is 943 g/mol. The Labute approximate surface area is 357 Å². The summed E-state index contributed by atoms with van der Waals surface area (Å²) in [6.07, 6.45) is 3.74. The number of aryl methyl sites for hydroxylation is 2. The second-order valence-electron chi connectivity index (χ2n) is 14.4. The molecule has 0 amide bonds. The molecule has 0 saturated carbocycles. The minimum atomic E-state index is -0.696. The van der Waals surface area contributed by atoms with Crippen LogP contribution in [0.4, 0.5) is 8.78 Å². The fraction of sp³-hybridized carbons (Fsp3) is 0.0370. The van der Waals surface area contributed by atoms with E-state index in [1.165, 1.54) is 16.7 Å². The third-order valence-electron chi connectivity index (χ3n) is 10.5. The zero-order valence-corrected chi connectivity index (χ0v) is 34.7. The summed E-state index contributed by atoms with van der Waals surface area (Å²) in [7, 11) is 0. The van der Waals surface area contributed by atoms with Crippen LogP contribution in [0.5, 0.6) is 0 Å². The number of pyridine rings is 2. The van der Waals surface area contributed by atoms with E-state index in [1.54, 1.807) is 12.3 Å². The van der Waals surface area contributed by atoms with Crippen molar-refractivity contribution in [1.29, 1.82) is 0 Å². The maximum Gasteiger partial charge on any atom is 0.0408 e. The van der Waals surface area contributed by atoms with E-state index in [2.05, 4.69) is 134 Å². The predicted octanol–water partition coefficient (Wildman–Crippen LogP) is 14.3. The predicted molar refractivity (Wildman–Crippen MR) is 233 cm³/mol. The molecule has 2 aromatic heterocycles. The van der Waals surface area contributed by atoms with E-state index in [4.69, 9.17) is 4.98 Å². The van der Waals surface area contributed by atoms with Gasteiger partial charge in [-0.3, -0.25) is 8.78 Å². The molecule has 0 N–H and O–H groups in total. The topological polar surface area (TPSA) is 25.8 Å². The molecule has 7 aromatic carbocycles. The van der Waals surface area contributed by atoms with Crippen molar-refractivity contribution in [2.45, 2.75) is 13.8 Å². The van der Waals surface area contributed by atoms with Crippen LogP contribution in [0.15, 0.2) is 182 Å². The average molecular weight is 943 g/mol. The molecule has 9 rings (SSSR count). The van der Waals surface area contributed by atoms with E-state index in [-0.39, 0.29) is 25.7 Å². The van der Waals surface area contributed by atoms with Crippen LogP contribution in [0.25, 0.3) is 89.3 Å². The first-order valence-electron chi connectivity index (χ1n) is 19.2. The van der Waals surface area contributed by atoms with Gasteiger partial charge in [-0.25, -0.2) is 0 Å². The molecule has 9 aromatic rings. The molecule has 0 aliphatic carbocycles. The van der Waals surface area contributed by atoms with Crippen molar-refractivity contribution in [3.8, 4) is 89.3 Å². The average Bonchev–Trinajstić information content (AvgIpc) is 3.27. The molecule has 2 heterocycles. The normalized spacial score (nSPS) is 10.9. The maximum atomic E-state index is 14.6. The van der Waals surface area contributed by atoms with Crippen molar-refractivity contribution in [3.63, 3.8) is 0 Å². The number of benzene rings is 7. The fourth-order valence-electron chi connectivity index (χ4n) is 7.76. The Morgan fingerprint density at radius 3 is 1.75 bits per heavy atom. The van der Waals surface area contributed by atoms with Gasteiger partial charge in [-0.2, -0.15) is 0 Å².